The van der Waals surface area contributed by atoms with Gasteiger partial charge in [0.1, 0.15) is 0 Å². The summed E-state index contributed by atoms with van der Waals surface area (Å²) in [5, 5.41) is 11.2. The first-order valence-electron chi connectivity index (χ1n) is 5.18. The monoisotopic (exact) mass is 244 g/mol. The lowest BCUT2D eigenvalue weighted by Gasteiger charge is -2.12. The molecule has 1 aromatic carbocycles. The number of carbonyl (C=O) groups is 1. The van der Waals surface area contributed by atoms with E-state index in [9.17, 15) is 13.6 Å². The minimum atomic E-state index is -1.50. The zero-order chi connectivity index (χ0) is 13.0. The smallest absolute Gasteiger partial charge is 0.338 e. The maximum absolute atomic E-state index is 13.4. The molecule has 0 spiro atoms. The van der Waals surface area contributed by atoms with Gasteiger partial charge in [0.15, 0.2) is 11.6 Å². The molecule has 1 unspecified atom stereocenters. The van der Waals surface area contributed by atoms with E-state index in [1.54, 1.807) is 0 Å². The number of carboxylic acids is 1. The molecular formula is C11H14F2N2O2. The SMILES string of the molecule is CCC(N)CNc1ccc(C(=O)O)c(F)c1F. The van der Waals surface area contributed by atoms with Crippen molar-refractivity contribution in [2.24, 2.45) is 5.73 Å². The van der Waals surface area contributed by atoms with Crippen molar-refractivity contribution in [1.82, 2.24) is 0 Å². The van der Waals surface area contributed by atoms with Gasteiger partial charge in [-0.05, 0) is 18.6 Å². The Hall–Kier alpha value is -1.69. The first-order valence-corrected chi connectivity index (χ1v) is 5.18. The highest BCUT2D eigenvalue weighted by Crippen LogP contribution is 2.20. The molecule has 0 aromatic heterocycles. The number of nitrogens with two attached hydrogens (primary N) is 1. The van der Waals surface area contributed by atoms with Crippen LogP contribution in [0.3, 0.4) is 0 Å². The van der Waals surface area contributed by atoms with Gasteiger partial charge in [-0.1, -0.05) is 6.92 Å². The van der Waals surface area contributed by atoms with Crippen LogP contribution in [0.25, 0.3) is 0 Å². The van der Waals surface area contributed by atoms with Gasteiger partial charge >= 0.3 is 5.97 Å². The predicted molar refractivity (Wildman–Crippen MR) is 60.1 cm³/mol. The van der Waals surface area contributed by atoms with Crippen LogP contribution in [0.2, 0.25) is 0 Å². The molecule has 4 N–H and O–H groups in total. The second-order valence-corrected chi connectivity index (χ2v) is 3.64. The Morgan fingerprint density at radius 2 is 2.12 bits per heavy atom. The molecular weight excluding hydrogens is 230 g/mol. The number of hydrogen-bond donors (Lipinski definition) is 3. The molecule has 1 atom stereocenters. The predicted octanol–water partition coefficient (Wildman–Crippen LogP) is 1.81. The molecule has 94 valence electrons. The van der Waals surface area contributed by atoms with Crippen molar-refractivity contribution in [3.05, 3.63) is 29.3 Å². The summed E-state index contributed by atoms with van der Waals surface area (Å²) < 4.78 is 26.7. The lowest BCUT2D eigenvalue weighted by Crippen LogP contribution is -2.28. The summed E-state index contributed by atoms with van der Waals surface area (Å²) in [7, 11) is 0. The molecule has 0 aliphatic rings. The van der Waals surface area contributed by atoms with Crippen molar-refractivity contribution in [3.63, 3.8) is 0 Å². The van der Waals surface area contributed by atoms with Crippen LogP contribution < -0.4 is 11.1 Å². The van der Waals surface area contributed by atoms with E-state index in [0.717, 1.165) is 6.07 Å². The zero-order valence-electron chi connectivity index (χ0n) is 9.34. The van der Waals surface area contributed by atoms with Crippen LogP contribution in [0.1, 0.15) is 23.7 Å². The zero-order valence-corrected chi connectivity index (χ0v) is 9.34. The van der Waals surface area contributed by atoms with Crippen molar-refractivity contribution in [1.29, 1.82) is 0 Å². The third kappa shape index (κ3) is 3.13. The third-order valence-electron chi connectivity index (χ3n) is 2.39. The van der Waals surface area contributed by atoms with Gasteiger partial charge in [0, 0.05) is 12.6 Å². The van der Waals surface area contributed by atoms with E-state index in [2.05, 4.69) is 5.32 Å². The van der Waals surface area contributed by atoms with Gasteiger partial charge in [0.25, 0.3) is 0 Å². The number of anilines is 1. The van der Waals surface area contributed by atoms with E-state index < -0.39 is 23.2 Å². The van der Waals surface area contributed by atoms with Crippen molar-refractivity contribution >= 4 is 11.7 Å². The van der Waals surface area contributed by atoms with Crippen LogP contribution in [-0.2, 0) is 0 Å². The first-order chi connectivity index (χ1) is 7.97. The maximum atomic E-state index is 13.4. The topological polar surface area (TPSA) is 75.3 Å². The Bertz CT molecular complexity index is 424. The van der Waals surface area contributed by atoms with E-state index in [-0.39, 0.29) is 11.7 Å². The number of halogens is 2. The average Bonchev–Trinajstić information content (AvgIpc) is 2.30. The van der Waals surface area contributed by atoms with E-state index in [1.165, 1.54) is 6.07 Å². The molecule has 1 rings (SSSR count). The third-order valence-corrected chi connectivity index (χ3v) is 2.39. The lowest BCUT2D eigenvalue weighted by atomic mass is 10.1. The van der Waals surface area contributed by atoms with Crippen molar-refractivity contribution in [2.45, 2.75) is 19.4 Å². The number of rotatable bonds is 5. The molecule has 0 aliphatic carbocycles. The molecule has 0 saturated carbocycles. The molecule has 0 heterocycles. The normalized spacial score (nSPS) is 12.2. The molecule has 0 fully saturated rings. The fourth-order valence-electron chi connectivity index (χ4n) is 1.24. The van der Waals surface area contributed by atoms with Gasteiger partial charge in [0.2, 0.25) is 0 Å². The quantitative estimate of drug-likeness (QED) is 0.738. The lowest BCUT2D eigenvalue weighted by molar-refractivity contribution is 0.0690. The Kier molecular flexibility index (Phi) is 4.39. The first kappa shape index (κ1) is 13.4. The molecule has 0 bridgehead atoms. The van der Waals surface area contributed by atoms with Crippen LogP contribution in [0.15, 0.2) is 12.1 Å². The summed E-state index contributed by atoms with van der Waals surface area (Å²) in [5.41, 5.74) is 4.84. The highest BCUT2D eigenvalue weighted by Gasteiger charge is 2.17. The van der Waals surface area contributed by atoms with Gasteiger partial charge in [-0.15, -0.1) is 0 Å². The van der Waals surface area contributed by atoms with Crippen LogP contribution in [-0.4, -0.2) is 23.7 Å². The minimum absolute atomic E-state index is 0.0867. The minimum Gasteiger partial charge on any atom is -0.478 e. The summed E-state index contributed by atoms with van der Waals surface area (Å²) in [6, 6.07) is 2.03. The second kappa shape index (κ2) is 5.58. The molecule has 0 aliphatic heterocycles. The van der Waals surface area contributed by atoms with Gasteiger partial charge in [-0.2, -0.15) is 0 Å². The van der Waals surface area contributed by atoms with Crippen molar-refractivity contribution in [2.75, 3.05) is 11.9 Å². The van der Waals surface area contributed by atoms with E-state index in [0.29, 0.717) is 13.0 Å². The average molecular weight is 244 g/mol. The van der Waals surface area contributed by atoms with E-state index in [4.69, 9.17) is 10.8 Å². The van der Waals surface area contributed by atoms with Gasteiger partial charge < -0.3 is 16.2 Å². The fraction of sp³-hybridized carbons (Fsp3) is 0.364. The molecule has 4 nitrogen and oxygen atoms in total. The Labute approximate surface area is 97.4 Å². The van der Waals surface area contributed by atoms with Gasteiger partial charge in [-0.25, -0.2) is 13.6 Å². The number of aromatic carboxylic acids is 1. The fourth-order valence-corrected chi connectivity index (χ4v) is 1.24. The molecule has 1 aromatic rings. The summed E-state index contributed by atoms with van der Waals surface area (Å²) in [4.78, 5) is 10.6. The van der Waals surface area contributed by atoms with E-state index in [1.807, 2.05) is 6.92 Å². The summed E-state index contributed by atoms with van der Waals surface area (Å²) in [6.45, 7) is 2.16. The molecule has 6 heteroatoms. The molecule has 17 heavy (non-hydrogen) atoms. The Balaban J connectivity index is 2.89. The Morgan fingerprint density at radius 3 is 2.65 bits per heavy atom. The van der Waals surface area contributed by atoms with Crippen LogP contribution >= 0.6 is 0 Å². The van der Waals surface area contributed by atoms with Crippen molar-refractivity contribution in [3.8, 4) is 0 Å². The number of hydrogen-bond acceptors (Lipinski definition) is 3. The van der Waals surface area contributed by atoms with Crippen molar-refractivity contribution < 1.29 is 18.7 Å². The summed E-state index contributed by atoms with van der Waals surface area (Å²) in [5.74, 6) is -4.07. The second-order valence-electron chi connectivity index (χ2n) is 3.64. The summed E-state index contributed by atoms with van der Waals surface area (Å²) in [6.07, 6.45) is 0.699. The molecule has 0 saturated heterocycles. The van der Waals surface area contributed by atoms with Crippen LogP contribution in [0.5, 0.6) is 0 Å². The highest BCUT2D eigenvalue weighted by molar-refractivity contribution is 5.88. The Morgan fingerprint density at radius 1 is 1.47 bits per heavy atom. The standard InChI is InChI=1S/C11H14F2N2O2/c1-2-6(14)5-15-8-4-3-7(11(16)17)9(12)10(8)13/h3-4,6,15H,2,5,14H2,1H3,(H,16,17). The largest absolute Gasteiger partial charge is 0.478 e. The number of nitrogens with one attached hydrogen (secondary N) is 1. The van der Waals surface area contributed by atoms with E-state index >= 15 is 0 Å². The number of benzene rings is 1. The van der Waals surface area contributed by atoms with Gasteiger partial charge in [-0.3, -0.25) is 0 Å². The van der Waals surface area contributed by atoms with Crippen LogP contribution in [0, 0.1) is 11.6 Å². The van der Waals surface area contributed by atoms with Crippen LogP contribution in [0.4, 0.5) is 14.5 Å². The maximum Gasteiger partial charge on any atom is 0.338 e. The highest BCUT2D eigenvalue weighted by atomic mass is 19.2. The molecule has 0 amide bonds. The summed E-state index contributed by atoms with van der Waals surface area (Å²) >= 11 is 0. The van der Waals surface area contributed by atoms with Gasteiger partial charge in [0.05, 0.1) is 11.3 Å². The number of carboxylic acid groups (broad SMARTS) is 1. The molecule has 0 radical (unpaired) electrons.